The van der Waals surface area contributed by atoms with E-state index in [0.717, 1.165) is 61.3 Å². The summed E-state index contributed by atoms with van der Waals surface area (Å²) in [6.45, 7) is 1.90. The Morgan fingerprint density at radius 2 is 1.96 bits per heavy atom. The second-order valence-electron chi connectivity index (χ2n) is 6.51. The van der Waals surface area contributed by atoms with Crippen LogP contribution in [0.25, 0.3) is 5.65 Å². The standard InChI is InChI=1S/C20H24N6O2/c1-21-20(23-11-9-15-7-8-16-17(13-15)28-14-27-16)22-10-4-6-19-25-24-18-5-2-3-12-26(18)19/h2-3,5,7-8,12-13H,4,6,9-11,14H2,1H3,(H2,21,22,23). The van der Waals surface area contributed by atoms with Crippen LogP contribution in [0.4, 0.5) is 0 Å². The number of nitrogens with one attached hydrogen (secondary N) is 2. The maximum Gasteiger partial charge on any atom is 0.231 e. The number of rotatable bonds is 7. The van der Waals surface area contributed by atoms with Gasteiger partial charge in [-0.05, 0) is 42.7 Å². The van der Waals surface area contributed by atoms with E-state index in [0.29, 0.717) is 6.79 Å². The molecule has 4 rings (SSSR count). The van der Waals surface area contributed by atoms with E-state index in [-0.39, 0.29) is 0 Å². The molecule has 3 heterocycles. The highest BCUT2D eigenvalue weighted by molar-refractivity contribution is 5.79. The summed E-state index contributed by atoms with van der Waals surface area (Å²) in [6, 6.07) is 12.0. The molecule has 2 aromatic heterocycles. The molecule has 8 heteroatoms. The van der Waals surface area contributed by atoms with Crippen molar-refractivity contribution >= 4 is 11.6 Å². The van der Waals surface area contributed by atoms with Gasteiger partial charge in [0.2, 0.25) is 6.79 Å². The van der Waals surface area contributed by atoms with E-state index in [4.69, 9.17) is 9.47 Å². The summed E-state index contributed by atoms with van der Waals surface area (Å²) < 4.78 is 12.8. The van der Waals surface area contributed by atoms with E-state index < -0.39 is 0 Å². The fraction of sp³-hybridized carbons (Fsp3) is 0.350. The number of ether oxygens (including phenoxy) is 2. The lowest BCUT2D eigenvalue weighted by atomic mass is 10.1. The van der Waals surface area contributed by atoms with E-state index in [1.54, 1.807) is 7.05 Å². The number of pyridine rings is 1. The number of hydrogen-bond acceptors (Lipinski definition) is 5. The van der Waals surface area contributed by atoms with E-state index in [9.17, 15) is 0 Å². The molecule has 0 atom stereocenters. The first-order chi connectivity index (χ1) is 13.8. The topological polar surface area (TPSA) is 85.1 Å². The van der Waals surface area contributed by atoms with E-state index >= 15 is 0 Å². The van der Waals surface area contributed by atoms with Gasteiger partial charge in [0.25, 0.3) is 0 Å². The quantitative estimate of drug-likeness (QED) is 0.369. The number of aliphatic imine (C=N–C) groups is 1. The molecule has 1 aromatic carbocycles. The van der Waals surface area contributed by atoms with Gasteiger partial charge in [-0.25, -0.2) is 0 Å². The number of benzene rings is 1. The molecule has 146 valence electrons. The highest BCUT2D eigenvalue weighted by atomic mass is 16.7. The van der Waals surface area contributed by atoms with Crippen LogP contribution in [0.2, 0.25) is 0 Å². The van der Waals surface area contributed by atoms with Crippen molar-refractivity contribution in [3.8, 4) is 11.5 Å². The lowest BCUT2D eigenvalue weighted by Gasteiger charge is -2.12. The van der Waals surface area contributed by atoms with Gasteiger partial charge in [-0.2, -0.15) is 0 Å². The number of aromatic nitrogens is 3. The van der Waals surface area contributed by atoms with Gasteiger partial charge < -0.3 is 20.1 Å². The van der Waals surface area contributed by atoms with Gasteiger partial charge in [-0.3, -0.25) is 9.39 Å². The number of hydrogen-bond donors (Lipinski definition) is 2. The zero-order chi connectivity index (χ0) is 19.2. The molecular weight excluding hydrogens is 356 g/mol. The third-order valence-corrected chi connectivity index (χ3v) is 4.62. The number of fused-ring (bicyclic) bond motifs is 2. The smallest absolute Gasteiger partial charge is 0.231 e. The maximum absolute atomic E-state index is 5.42. The molecule has 0 saturated carbocycles. The van der Waals surface area contributed by atoms with Gasteiger partial charge in [-0.1, -0.05) is 12.1 Å². The molecule has 1 aliphatic rings. The largest absolute Gasteiger partial charge is 0.454 e. The predicted octanol–water partition coefficient (Wildman–Crippen LogP) is 1.80. The molecule has 0 unspecified atom stereocenters. The summed E-state index contributed by atoms with van der Waals surface area (Å²) >= 11 is 0. The van der Waals surface area contributed by atoms with Crippen molar-refractivity contribution in [2.75, 3.05) is 26.9 Å². The highest BCUT2D eigenvalue weighted by Gasteiger charge is 2.13. The first kappa shape index (κ1) is 18.1. The summed E-state index contributed by atoms with van der Waals surface area (Å²) in [4.78, 5) is 4.28. The number of guanidine groups is 1. The van der Waals surface area contributed by atoms with Crippen molar-refractivity contribution in [1.29, 1.82) is 0 Å². The molecule has 0 spiro atoms. The molecule has 3 aromatic rings. The minimum atomic E-state index is 0.304. The van der Waals surface area contributed by atoms with Crippen molar-refractivity contribution < 1.29 is 9.47 Å². The Morgan fingerprint density at radius 1 is 1.07 bits per heavy atom. The van der Waals surface area contributed by atoms with Crippen LogP contribution < -0.4 is 20.1 Å². The van der Waals surface area contributed by atoms with E-state index in [1.165, 1.54) is 5.56 Å². The fourth-order valence-electron chi connectivity index (χ4n) is 3.16. The molecule has 0 fully saturated rings. The zero-order valence-corrected chi connectivity index (χ0v) is 15.9. The molecule has 0 aliphatic carbocycles. The van der Waals surface area contributed by atoms with Gasteiger partial charge in [0.1, 0.15) is 5.82 Å². The molecule has 1 aliphatic heterocycles. The summed E-state index contributed by atoms with van der Waals surface area (Å²) in [6.07, 6.45) is 4.67. The van der Waals surface area contributed by atoms with Crippen LogP contribution >= 0.6 is 0 Å². The van der Waals surface area contributed by atoms with Crippen molar-refractivity contribution in [2.24, 2.45) is 4.99 Å². The Morgan fingerprint density at radius 3 is 2.89 bits per heavy atom. The molecule has 0 radical (unpaired) electrons. The average molecular weight is 380 g/mol. The Balaban J connectivity index is 1.19. The van der Waals surface area contributed by atoms with Crippen LogP contribution in [-0.4, -0.2) is 47.5 Å². The third-order valence-electron chi connectivity index (χ3n) is 4.62. The fourth-order valence-corrected chi connectivity index (χ4v) is 3.16. The van der Waals surface area contributed by atoms with Crippen LogP contribution in [0.5, 0.6) is 11.5 Å². The van der Waals surface area contributed by atoms with Crippen LogP contribution in [0.1, 0.15) is 17.8 Å². The average Bonchev–Trinajstić information content (AvgIpc) is 3.36. The third kappa shape index (κ3) is 4.16. The van der Waals surface area contributed by atoms with Gasteiger partial charge >= 0.3 is 0 Å². The van der Waals surface area contributed by atoms with Crippen molar-refractivity contribution in [3.63, 3.8) is 0 Å². The van der Waals surface area contributed by atoms with Crippen LogP contribution in [0, 0.1) is 0 Å². The second kappa shape index (κ2) is 8.60. The van der Waals surface area contributed by atoms with Crippen LogP contribution in [0.15, 0.2) is 47.6 Å². The molecular formula is C20H24N6O2. The summed E-state index contributed by atoms with van der Waals surface area (Å²) in [7, 11) is 1.78. The number of aryl methyl sites for hydroxylation is 1. The minimum Gasteiger partial charge on any atom is -0.454 e. The molecule has 8 nitrogen and oxygen atoms in total. The van der Waals surface area contributed by atoms with Crippen molar-refractivity contribution in [1.82, 2.24) is 25.2 Å². The monoisotopic (exact) mass is 380 g/mol. The first-order valence-electron chi connectivity index (χ1n) is 9.45. The molecule has 2 N–H and O–H groups in total. The van der Waals surface area contributed by atoms with Gasteiger partial charge in [0.15, 0.2) is 23.1 Å². The van der Waals surface area contributed by atoms with Crippen LogP contribution in [0.3, 0.4) is 0 Å². The Bertz CT molecular complexity index is 968. The lowest BCUT2D eigenvalue weighted by molar-refractivity contribution is 0.174. The van der Waals surface area contributed by atoms with Gasteiger partial charge in [0.05, 0.1) is 0 Å². The normalized spacial score (nSPS) is 13.1. The first-order valence-corrected chi connectivity index (χ1v) is 9.45. The van der Waals surface area contributed by atoms with Crippen LogP contribution in [-0.2, 0) is 12.8 Å². The summed E-state index contributed by atoms with van der Waals surface area (Å²) in [5.41, 5.74) is 2.08. The minimum absolute atomic E-state index is 0.304. The van der Waals surface area contributed by atoms with E-state index in [1.807, 2.05) is 40.9 Å². The lowest BCUT2D eigenvalue weighted by Crippen LogP contribution is -2.38. The molecule has 0 bridgehead atoms. The Kier molecular flexibility index (Phi) is 5.56. The van der Waals surface area contributed by atoms with Gasteiger partial charge in [-0.15, -0.1) is 10.2 Å². The summed E-state index contributed by atoms with van der Waals surface area (Å²) in [5, 5.41) is 15.1. The molecule has 0 saturated heterocycles. The van der Waals surface area contributed by atoms with Crippen molar-refractivity contribution in [3.05, 3.63) is 54.0 Å². The van der Waals surface area contributed by atoms with E-state index in [2.05, 4.69) is 31.9 Å². The highest BCUT2D eigenvalue weighted by Crippen LogP contribution is 2.32. The zero-order valence-electron chi connectivity index (χ0n) is 15.9. The van der Waals surface area contributed by atoms with Crippen molar-refractivity contribution in [2.45, 2.75) is 19.3 Å². The van der Waals surface area contributed by atoms with Gasteiger partial charge in [0, 0.05) is 32.8 Å². The molecule has 0 amide bonds. The molecule has 28 heavy (non-hydrogen) atoms. The second-order valence-corrected chi connectivity index (χ2v) is 6.51. The Labute approximate surface area is 163 Å². The number of nitrogens with zero attached hydrogens (tertiary/aromatic N) is 4. The Hall–Kier alpha value is -3.29. The summed E-state index contributed by atoms with van der Waals surface area (Å²) in [5.74, 6) is 3.41. The predicted molar refractivity (Wildman–Crippen MR) is 107 cm³/mol. The SMILES string of the molecule is CN=C(NCCCc1nnc2ccccn12)NCCc1ccc2c(c1)OCO2. The maximum atomic E-state index is 5.42.